The molecule has 2 aromatic heterocycles. The first-order valence-corrected chi connectivity index (χ1v) is 9.44. The number of carbonyl (C=O) groups is 1. The summed E-state index contributed by atoms with van der Waals surface area (Å²) in [6, 6.07) is 10.9. The second-order valence-corrected chi connectivity index (χ2v) is 7.31. The molecule has 0 bridgehead atoms. The third-order valence-electron chi connectivity index (χ3n) is 3.75. The third-order valence-corrected chi connectivity index (χ3v) is 4.72. The third kappa shape index (κ3) is 4.35. The lowest BCUT2D eigenvalue weighted by molar-refractivity contribution is -0.118. The molecule has 0 atom stereocenters. The van der Waals surface area contributed by atoms with Gasteiger partial charge >= 0.3 is 0 Å². The Balaban J connectivity index is 1.77. The van der Waals surface area contributed by atoms with Crippen molar-refractivity contribution in [3.63, 3.8) is 0 Å². The molecule has 0 saturated carbocycles. The van der Waals surface area contributed by atoms with Crippen molar-refractivity contribution in [2.75, 3.05) is 5.75 Å². The van der Waals surface area contributed by atoms with Crippen molar-refractivity contribution in [2.24, 2.45) is 5.92 Å². The summed E-state index contributed by atoms with van der Waals surface area (Å²) in [5.41, 5.74) is 0.582. The number of hydrogen-bond acceptors (Lipinski definition) is 5. The van der Waals surface area contributed by atoms with Crippen molar-refractivity contribution in [3.8, 4) is 0 Å². The van der Waals surface area contributed by atoms with Gasteiger partial charge in [-0.05, 0) is 30.2 Å². The van der Waals surface area contributed by atoms with Crippen LogP contribution in [0.5, 0.6) is 0 Å². The zero-order valence-electron chi connectivity index (χ0n) is 14.8. The number of rotatable bonds is 7. The van der Waals surface area contributed by atoms with E-state index >= 15 is 0 Å². The summed E-state index contributed by atoms with van der Waals surface area (Å²) in [6.45, 7) is 5.00. The first-order chi connectivity index (χ1) is 12.5. The first-order valence-electron chi connectivity index (χ1n) is 8.46. The molecular formula is C19H21N3O3S. The minimum atomic E-state index is -0.134. The summed E-state index contributed by atoms with van der Waals surface area (Å²) >= 11 is 1.27. The Labute approximate surface area is 155 Å². The predicted molar refractivity (Wildman–Crippen MR) is 102 cm³/mol. The molecule has 136 valence electrons. The number of hydrogen-bond donors (Lipinski definition) is 1. The topological polar surface area (TPSA) is 77.1 Å². The van der Waals surface area contributed by atoms with E-state index in [1.165, 1.54) is 11.8 Å². The van der Waals surface area contributed by atoms with Gasteiger partial charge in [-0.1, -0.05) is 37.7 Å². The van der Waals surface area contributed by atoms with Gasteiger partial charge < -0.3 is 9.73 Å². The van der Waals surface area contributed by atoms with Gasteiger partial charge in [0.05, 0.1) is 29.5 Å². The molecule has 1 N–H and O–H groups in total. The van der Waals surface area contributed by atoms with Gasteiger partial charge in [-0.25, -0.2) is 4.98 Å². The number of amides is 1. The van der Waals surface area contributed by atoms with Crippen LogP contribution in [0.25, 0.3) is 10.9 Å². The maximum atomic E-state index is 12.8. The average Bonchev–Trinajstić information content (AvgIpc) is 3.14. The fourth-order valence-corrected chi connectivity index (χ4v) is 3.40. The Morgan fingerprint density at radius 1 is 1.27 bits per heavy atom. The number of thioether (sulfide) groups is 1. The molecule has 1 aromatic carbocycles. The van der Waals surface area contributed by atoms with Gasteiger partial charge in [0, 0.05) is 6.54 Å². The lowest BCUT2D eigenvalue weighted by Crippen LogP contribution is -2.27. The molecule has 0 unspecified atom stereocenters. The molecule has 3 rings (SSSR count). The average molecular weight is 371 g/mol. The fourth-order valence-electron chi connectivity index (χ4n) is 2.56. The number of nitrogens with one attached hydrogen (secondary N) is 1. The van der Waals surface area contributed by atoms with Crippen molar-refractivity contribution in [3.05, 3.63) is 58.8 Å². The molecule has 26 heavy (non-hydrogen) atoms. The molecule has 0 aliphatic heterocycles. The van der Waals surface area contributed by atoms with E-state index in [0.29, 0.717) is 40.8 Å². The van der Waals surface area contributed by atoms with E-state index in [4.69, 9.17) is 4.42 Å². The molecular weight excluding hydrogens is 350 g/mol. The number of benzene rings is 1. The molecule has 6 nitrogen and oxygen atoms in total. The van der Waals surface area contributed by atoms with E-state index in [0.717, 1.165) is 0 Å². The molecule has 0 fully saturated rings. The lowest BCUT2D eigenvalue weighted by Gasteiger charge is -2.14. The number of furan rings is 1. The van der Waals surface area contributed by atoms with Crippen molar-refractivity contribution >= 4 is 28.6 Å². The van der Waals surface area contributed by atoms with Crippen molar-refractivity contribution in [1.82, 2.24) is 14.9 Å². The van der Waals surface area contributed by atoms with Crippen LogP contribution in [0.15, 0.2) is 57.0 Å². The Morgan fingerprint density at radius 3 is 2.81 bits per heavy atom. The van der Waals surface area contributed by atoms with Crippen molar-refractivity contribution in [2.45, 2.75) is 32.1 Å². The van der Waals surface area contributed by atoms with Crippen LogP contribution in [-0.2, 0) is 17.9 Å². The number of aromatic nitrogens is 2. The predicted octanol–water partition coefficient (Wildman–Crippen LogP) is 3.05. The highest BCUT2D eigenvalue weighted by Gasteiger charge is 2.14. The Hall–Kier alpha value is -2.54. The summed E-state index contributed by atoms with van der Waals surface area (Å²) in [6.07, 6.45) is 1.57. The zero-order chi connectivity index (χ0) is 18.5. The number of carbonyl (C=O) groups excluding carboxylic acids is 1. The number of para-hydroxylation sites is 1. The van der Waals surface area contributed by atoms with E-state index < -0.39 is 0 Å². The lowest BCUT2D eigenvalue weighted by atomic mass is 10.2. The van der Waals surface area contributed by atoms with Crippen LogP contribution in [0.4, 0.5) is 0 Å². The zero-order valence-corrected chi connectivity index (χ0v) is 15.6. The minimum absolute atomic E-state index is 0.0669. The quantitative estimate of drug-likeness (QED) is 0.510. The smallest absolute Gasteiger partial charge is 0.262 e. The van der Waals surface area contributed by atoms with Crippen LogP contribution in [-0.4, -0.2) is 21.2 Å². The number of nitrogens with zero attached hydrogens (tertiary/aromatic N) is 2. The standard InChI is InChI=1S/C19H21N3O3S/c1-13(2)11-22-18(24)15-7-3-4-8-16(15)21-19(22)26-12-17(23)20-10-14-6-5-9-25-14/h3-9,13H,10-12H2,1-2H3,(H,20,23). The summed E-state index contributed by atoms with van der Waals surface area (Å²) in [4.78, 5) is 29.5. The van der Waals surface area contributed by atoms with Crippen LogP contribution in [0, 0.1) is 5.92 Å². The monoisotopic (exact) mass is 371 g/mol. The van der Waals surface area contributed by atoms with E-state index in [2.05, 4.69) is 10.3 Å². The Bertz CT molecular complexity index is 948. The highest BCUT2D eigenvalue weighted by atomic mass is 32.2. The van der Waals surface area contributed by atoms with Gasteiger partial charge in [0.15, 0.2) is 5.16 Å². The maximum Gasteiger partial charge on any atom is 0.262 e. The van der Waals surface area contributed by atoms with Gasteiger partial charge in [0.25, 0.3) is 5.56 Å². The van der Waals surface area contributed by atoms with Gasteiger partial charge in [-0.3, -0.25) is 14.2 Å². The van der Waals surface area contributed by atoms with E-state index in [-0.39, 0.29) is 17.2 Å². The van der Waals surface area contributed by atoms with Crippen LogP contribution < -0.4 is 10.9 Å². The van der Waals surface area contributed by atoms with Gasteiger partial charge in [-0.15, -0.1) is 0 Å². The van der Waals surface area contributed by atoms with E-state index in [1.807, 2.05) is 32.0 Å². The summed E-state index contributed by atoms with van der Waals surface area (Å²) in [7, 11) is 0. The molecule has 2 heterocycles. The summed E-state index contributed by atoms with van der Waals surface area (Å²) < 4.78 is 6.86. The first kappa shape index (κ1) is 18.3. The normalized spacial score (nSPS) is 11.2. The maximum absolute atomic E-state index is 12.8. The summed E-state index contributed by atoms with van der Waals surface area (Å²) in [5.74, 6) is 1.04. The SMILES string of the molecule is CC(C)Cn1c(SCC(=O)NCc2ccco2)nc2ccccc2c1=O. The molecule has 0 saturated heterocycles. The van der Waals surface area contributed by atoms with E-state index in [9.17, 15) is 9.59 Å². The van der Waals surface area contributed by atoms with Crippen LogP contribution in [0.2, 0.25) is 0 Å². The van der Waals surface area contributed by atoms with Crippen molar-refractivity contribution in [1.29, 1.82) is 0 Å². The second kappa shape index (κ2) is 8.23. The van der Waals surface area contributed by atoms with Crippen LogP contribution in [0.3, 0.4) is 0 Å². The Kier molecular flexibility index (Phi) is 5.78. The molecule has 0 aliphatic carbocycles. The Morgan fingerprint density at radius 2 is 2.08 bits per heavy atom. The highest BCUT2D eigenvalue weighted by molar-refractivity contribution is 7.99. The number of fused-ring (bicyclic) bond motifs is 1. The largest absolute Gasteiger partial charge is 0.467 e. The summed E-state index contributed by atoms with van der Waals surface area (Å²) in [5, 5.41) is 3.96. The molecule has 0 radical (unpaired) electrons. The highest BCUT2D eigenvalue weighted by Crippen LogP contribution is 2.18. The van der Waals surface area contributed by atoms with Crippen LogP contribution in [0.1, 0.15) is 19.6 Å². The van der Waals surface area contributed by atoms with Crippen molar-refractivity contribution < 1.29 is 9.21 Å². The molecule has 0 aliphatic rings. The minimum Gasteiger partial charge on any atom is -0.467 e. The van der Waals surface area contributed by atoms with Gasteiger partial charge in [-0.2, -0.15) is 0 Å². The van der Waals surface area contributed by atoms with Crippen LogP contribution >= 0.6 is 11.8 Å². The van der Waals surface area contributed by atoms with Gasteiger partial charge in [0.1, 0.15) is 5.76 Å². The molecule has 7 heteroatoms. The fraction of sp³-hybridized carbons (Fsp3) is 0.316. The second-order valence-electron chi connectivity index (χ2n) is 6.37. The molecule has 3 aromatic rings. The molecule has 1 amide bonds. The van der Waals surface area contributed by atoms with Gasteiger partial charge in [0.2, 0.25) is 5.91 Å². The van der Waals surface area contributed by atoms with E-state index in [1.54, 1.807) is 29.0 Å². The molecule has 0 spiro atoms.